The molecule has 0 radical (unpaired) electrons. The second kappa shape index (κ2) is 32.9. The molecular formula is C55H80N4O4. The first-order valence-electron chi connectivity index (χ1n) is 24.6. The van der Waals surface area contributed by atoms with Crippen molar-refractivity contribution in [2.75, 3.05) is 26.3 Å². The van der Waals surface area contributed by atoms with Crippen LogP contribution in [-0.4, -0.2) is 50.2 Å². The summed E-state index contributed by atoms with van der Waals surface area (Å²) < 4.78 is 12.0. The van der Waals surface area contributed by atoms with Gasteiger partial charge in [0.25, 0.3) is 0 Å². The molecule has 4 rings (SSSR count). The fourth-order valence-corrected chi connectivity index (χ4v) is 7.71. The van der Waals surface area contributed by atoms with Gasteiger partial charge in [0.1, 0.15) is 11.5 Å². The Morgan fingerprint density at radius 1 is 0.413 bits per heavy atom. The number of hydrogen-bond donors (Lipinski definition) is 4. The van der Waals surface area contributed by atoms with Crippen molar-refractivity contribution in [1.82, 2.24) is 21.3 Å². The molecule has 4 aromatic carbocycles. The van der Waals surface area contributed by atoms with Crippen LogP contribution in [0.4, 0.5) is 0 Å². The lowest BCUT2D eigenvalue weighted by Gasteiger charge is -2.20. The molecular weight excluding hydrogens is 781 g/mol. The van der Waals surface area contributed by atoms with Gasteiger partial charge in [-0.2, -0.15) is 0 Å². The van der Waals surface area contributed by atoms with Crippen molar-refractivity contribution in [2.45, 2.75) is 161 Å². The zero-order valence-electron chi connectivity index (χ0n) is 38.9. The van der Waals surface area contributed by atoms with E-state index in [4.69, 9.17) is 9.47 Å². The van der Waals surface area contributed by atoms with Crippen LogP contribution in [0.1, 0.15) is 145 Å². The first-order chi connectivity index (χ1) is 31.0. The highest BCUT2D eigenvalue weighted by atomic mass is 16.5. The van der Waals surface area contributed by atoms with Crippen molar-refractivity contribution < 1.29 is 19.1 Å². The van der Waals surface area contributed by atoms with E-state index in [2.05, 4.69) is 83.6 Å². The molecule has 344 valence electrons. The van der Waals surface area contributed by atoms with Gasteiger partial charge in [-0.15, -0.1) is 0 Å². The Kier molecular flexibility index (Phi) is 26.7. The predicted molar refractivity (Wildman–Crippen MR) is 261 cm³/mol. The zero-order chi connectivity index (χ0) is 44.4. The van der Waals surface area contributed by atoms with Gasteiger partial charge in [-0.25, -0.2) is 0 Å². The summed E-state index contributed by atoms with van der Waals surface area (Å²) in [5, 5.41) is 13.2. The van der Waals surface area contributed by atoms with Crippen molar-refractivity contribution in [2.24, 2.45) is 0 Å². The highest BCUT2D eigenvalue weighted by molar-refractivity contribution is 5.82. The van der Waals surface area contributed by atoms with E-state index in [1.807, 2.05) is 60.7 Å². The maximum absolute atomic E-state index is 13.6. The summed E-state index contributed by atoms with van der Waals surface area (Å²) in [5.74, 6) is 1.66. The third kappa shape index (κ3) is 23.0. The monoisotopic (exact) mass is 861 g/mol. The number of ether oxygens (including phenoxy) is 2. The summed E-state index contributed by atoms with van der Waals surface area (Å²) in [6.45, 7) is 8.04. The molecule has 63 heavy (non-hydrogen) atoms. The molecule has 8 nitrogen and oxygen atoms in total. The number of hydrogen-bond acceptors (Lipinski definition) is 6. The van der Waals surface area contributed by atoms with Gasteiger partial charge in [0.2, 0.25) is 11.8 Å². The average Bonchev–Trinajstić information content (AvgIpc) is 3.31. The largest absolute Gasteiger partial charge is 0.494 e. The quantitative estimate of drug-likeness (QED) is 0.0340. The smallest absolute Gasteiger partial charge is 0.237 e. The van der Waals surface area contributed by atoms with Crippen LogP contribution in [0.2, 0.25) is 0 Å². The van der Waals surface area contributed by atoms with Gasteiger partial charge in [0.15, 0.2) is 0 Å². The SMILES string of the molecule is CCCCCCCCCCOc1ccc(CN[C@@H](Cc2ccccc2)C(=O)NCCCNC(=O)[C@H](Cc2ccccc2)NCc2ccc(OCCCCCCCCCC)cc2)cc1. The molecule has 4 aromatic rings. The first kappa shape index (κ1) is 51.0. The minimum absolute atomic E-state index is 0.0521. The van der Waals surface area contributed by atoms with Crippen molar-refractivity contribution in [3.63, 3.8) is 0 Å². The minimum atomic E-state index is -0.408. The van der Waals surface area contributed by atoms with Gasteiger partial charge in [-0.1, -0.05) is 189 Å². The van der Waals surface area contributed by atoms with E-state index in [1.54, 1.807) is 0 Å². The van der Waals surface area contributed by atoms with Crippen molar-refractivity contribution >= 4 is 11.8 Å². The molecule has 2 amide bonds. The number of rotatable bonds is 36. The Morgan fingerprint density at radius 3 is 1.13 bits per heavy atom. The third-order valence-corrected chi connectivity index (χ3v) is 11.6. The molecule has 8 heteroatoms. The number of nitrogens with one attached hydrogen (secondary N) is 4. The molecule has 0 saturated carbocycles. The maximum Gasteiger partial charge on any atom is 0.237 e. The minimum Gasteiger partial charge on any atom is -0.494 e. The topological polar surface area (TPSA) is 101 Å². The van der Waals surface area contributed by atoms with Gasteiger partial charge in [-0.3, -0.25) is 9.59 Å². The number of carbonyl (C=O) groups excluding carboxylic acids is 2. The fraction of sp³-hybridized carbons (Fsp3) is 0.527. The Morgan fingerprint density at radius 2 is 0.762 bits per heavy atom. The number of benzene rings is 4. The zero-order valence-corrected chi connectivity index (χ0v) is 38.9. The van der Waals surface area contributed by atoms with Crippen LogP contribution in [0.25, 0.3) is 0 Å². The standard InChI is InChI=1S/C55H80N4O4/c1-3-5-7-9-11-13-15-23-40-62-50-34-30-48(31-35-50)44-58-52(42-46-26-19-17-20-27-46)54(60)56-38-25-39-57-55(61)53(43-47-28-21-18-22-29-47)59-45-49-32-36-51(37-33-49)63-41-24-16-14-12-10-8-6-4-2/h17-22,26-37,52-53,58-59H,3-16,23-25,38-45H2,1-2H3,(H,56,60)(H,57,61)/t52-,53-/m0/s1. The van der Waals surface area contributed by atoms with Gasteiger partial charge < -0.3 is 30.7 Å². The van der Waals surface area contributed by atoms with Crippen LogP contribution < -0.4 is 30.7 Å². The van der Waals surface area contributed by atoms with E-state index >= 15 is 0 Å². The summed E-state index contributed by atoms with van der Waals surface area (Å²) in [5.41, 5.74) is 4.38. The second-order valence-corrected chi connectivity index (χ2v) is 17.1. The van der Waals surface area contributed by atoms with Crippen LogP contribution in [0.5, 0.6) is 11.5 Å². The highest BCUT2D eigenvalue weighted by Crippen LogP contribution is 2.17. The molecule has 0 aliphatic rings. The first-order valence-corrected chi connectivity index (χ1v) is 24.6. The molecule has 4 N–H and O–H groups in total. The molecule has 0 aliphatic carbocycles. The Labute approximate surface area is 381 Å². The third-order valence-electron chi connectivity index (χ3n) is 11.6. The van der Waals surface area contributed by atoms with Crippen molar-refractivity contribution in [3.05, 3.63) is 131 Å². The summed E-state index contributed by atoms with van der Waals surface area (Å²) in [7, 11) is 0. The Bertz CT molecular complexity index is 1610. The Balaban J connectivity index is 1.18. The highest BCUT2D eigenvalue weighted by Gasteiger charge is 2.20. The lowest BCUT2D eigenvalue weighted by molar-refractivity contribution is -0.123. The van der Waals surface area contributed by atoms with E-state index < -0.39 is 12.1 Å². The lowest BCUT2D eigenvalue weighted by atomic mass is 10.0. The van der Waals surface area contributed by atoms with Crippen LogP contribution in [0.3, 0.4) is 0 Å². The molecule has 0 spiro atoms. The van der Waals surface area contributed by atoms with Gasteiger partial charge in [0.05, 0.1) is 25.3 Å². The average molecular weight is 861 g/mol. The molecule has 0 unspecified atom stereocenters. The van der Waals surface area contributed by atoms with Crippen LogP contribution >= 0.6 is 0 Å². The van der Waals surface area contributed by atoms with E-state index in [1.165, 1.54) is 89.9 Å². The molecule has 0 aromatic heterocycles. The molecule has 0 bridgehead atoms. The lowest BCUT2D eigenvalue weighted by Crippen LogP contribution is -2.47. The van der Waals surface area contributed by atoms with E-state index in [9.17, 15) is 9.59 Å². The number of unbranched alkanes of at least 4 members (excludes halogenated alkanes) is 14. The molecule has 0 aliphatic heterocycles. The Hall–Kier alpha value is -4.66. The van der Waals surface area contributed by atoms with Gasteiger partial charge in [0, 0.05) is 26.2 Å². The van der Waals surface area contributed by atoms with Crippen LogP contribution in [-0.2, 0) is 35.5 Å². The van der Waals surface area contributed by atoms with Gasteiger partial charge in [-0.05, 0) is 78.6 Å². The molecule has 0 fully saturated rings. The van der Waals surface area contributed by atoms with Crippen LogP contribution in [0, 0.1) is 0 Å². The summed E-state index contributed by atoms with van der Waals surface area (Å²) >= 11 is 0. The summed E-state index contributed by atoms with van der Waals surface area (Å²) in [4.78, 5) is 27.1. The van der Waals surface area contributed by atoms with E-state index in [0.717, 1.165) is 59.8 Å². The second-order valence-electron chi connectivity index (χ2n) is 17.1. The van der Waals surface area contributed by atoms with E-state index in [-0.39, 0.29) is 11.8 Å². The molecule has 2 atom stereocenters. The normalized spacial score (nSPS) is 12.1. The number of amides is 2. The van der Waals surface area contributed by atoms with Crippen molar-refractivity contribution in [3.8, 4) is 11.5 Å². The maximum atomic E-state index is 13.6. The van der Waals surface area contributed by atoms with Crippen LogP contribution in [0.15, 0.2) is 109 Å². The summed E-state index contributed by atoms with van der Waals surface area (Å²) in [6, 6.07) is 35.8. The number of carbonyl (C=O) groups is 2. The van der Waals surface area contributed by atoms with E-state index in [0.29, 0.717) is 45.4 Å². The van der Waals surface area contributed by atoms with Gasteiger partial charge >= 0.3 is 0 Å². The van der Waals surface area contributed by atoms with Crippen molar-refractivity contribution in [1.29, 1.82) is 0 Å². The summed E-state index contributed by atoms with van der Waals surface area (Å²) in [6.07, 6.45) is 22.3. The molecule has 0 heterocycles. The predicted octanol–water partition coefficient (Wildman–Crippen LogP) is 11.5. The fourth-order valence-electron chi connectivity index (χ4n) is 7.71. The molecule has 0 saturated heterocycles.